The number of carbonyl (C=O) groups excluding carboxylic acids is 2. The van der Waals surface area contributed by atoms with Gasteiger partial charge in [-0.2, -0.15) is 0 Å². The molecule has 0 bridgehead atoms. The average Bonchev–Trinajstić information content (AvgIpc) is 3.25. The molecule has 4 rings (SSSR count). The predicted octanol–water partition coefficient (Wildman–Crippen LogP) is 3.34. The second kappa shape index (κ2) is 8.15. The summed E-state index contributed by atoms with van der Waals surface area (Å²) < 4.78 is 5.24. The molecule has 2 heterocycles. The van der Waals surface area contributed by atoms with Gasteiger partial charge < -0.3 is 4.74 Å². The zero-order valence-electron chi connectivity index (χ0n) is 16.2. The van der Waals surface area contributed by atoms with Crippen molar-refractivity contribution in [2.24, 2.45) is 11.8 Å². The van der Waals surface area contributed by atoms with Crippen LogP contribution >= 0.6 is 0 Å². The van der Waals surface area contributed by atoms with E-state index < -0.39 is 6.09 Å². The summed E-state index contributed by atoms with van der Waals surface area (Å²) in [4.78, 5) is 29.3. The van der Waals surface area contributed by atoms with E-state index in [2.05, 4.69) is 24.0 Å². The van der Waals surface area contributed by atoms with Crippen LogP contribution in [0.2, 0.25) is 0 Å². The maximum absolute atomic E-state index is 13.3. The van der Waals surface area contributed by atoms with Gasteiger partial charge in [0.2, 0.25) is 5.91 Å². The van der Waals surface area contributed by atoms with Gasteiger partial charge in [-0.25, -0.2) is 9.69 Å². The van der Waals surface area contributed by atoms with Crippen LogP contribution in [0.1, 0.15) is 18.1 Å². The van der Waals surface area contributed by atoms with Crippen LogP contribution in [0, 0.1) is 11.8 Å². The molecular weight excluding hydrogens is 352 g/mol. The first-order valence-electron chi connectivity index (χ1n) is 9.92. The summed E-state index contributed by atoms with van der Waals surface area (Å²) in [6, 6.07) is 20.0. The number of nitrogens with zero attached hydrogens (tertiary/aromatic N) is 2. The highest BCUT2D eigenvalue weighted by atomic mass is 16.6. The number of hydrogen-bond donors (Lipinski definition) is 0. The fourth-order valence-corrected chi connectivity index (χ4v) is 4.30. The number of imide groups is 1. The van der Waals surface area contributed by atoms with Crippen LogP contribution in [0.4, 0.5) is 4.79 Å². The summed E-state index contributed by atoms with van der Waals surface area (Å²) in [5.74, 6) is -0.0545. The van der Waals surface area contributed by atoms with Gasteiger partial charge in [-0.05, 0) is 23.5 Å². The van der Waals surface area contributed by atoms with E-state index in [1.165, 1.54) is 10.5 Å². The van der Waals surface area contributed by atoms with Crippen LogP contribution < -0.4 is 0 Å². The molecule has 2 fully saturated rings. The van der Waals surface area contributed by atoms with Gasteiger partial charge in [0.1, 0.15) is 6.61 Å². The summed E-state index contributed by atoms with van der Waals surface area (Å²) in [5.41, 5.74) is 2.35. The second-order valence-electron chi connectivity index (χ2n) is 7.89. The highest BCUT2D eigenvalue weighted by Crippen LogP contribution is 2.29. The average molecular weight is 378 g/mol. The highest BCUT2D eigenvalue weighted by molar-refractivity contribution is 5.95. The minimum atomic E-state index is -0.500. The molecule has 0 radical (unpaired) electrons. The molecule has 2 aliphatic heterocycles. The molecule has 5 heteroatoms. The van der Waals surface area contributed by atoms with E-state index in [0.29, 0.717) is 13.0 Å². The molecule has 2 aliphatic rings. The second-order valence-corrected chi connectivity index (χ2v) is 7.89. The number of carbonyl (C=O) groups is 2. The summed E-state index contributed by atoms with van der Waals surface area (Å²) in [6.45, 7) is 4.73. The Labute approximate surface area is 165 Å². The topological polar surface area (TPSA) is 49.9 Å². The molecule has 0 aliphatic carbocycles. The van der Waals surface area contributed by atoms with E-state index in [1.54, 1.807) is 0 Å². The van der Waals surface area contributed by atoms with Gasteiger partial charge in [-0.3, -0.25) is 9.69 Å². The van der Waals surface area contributed by atoms with Gasteiger partial charge in [0, 0.05) is 19.6 Å². The zero-order valence-corrected chi connectivity index (χ0v) is 16.2. The minimum Gasteiger partial charge on any atom is -0.447 e. The van der Waals surface area contributed by atoms with E-state index in [0.717, 1.165) is 18.7 Å². The standard InChI is InChI=1S/C23H26N2O3/c1-17-13-24(14-19-10-6-3-7-11-19)15-21(17)22(26)25-20(16-28-23(25)27)12-18-8-4-2-5-9-18/h2-11,17,20-21H,12-16H2,1H3/t17-,20?,21-/m1/s1. The zero-order chi connectivity index (χ0) is 19.5. The number of cyclic esters (lactones) is 1. The van der Waals surface area contributed by atoms with Crippen molar-refractivity contribution >= 4 is 12.0 Å². The van der Waals surface area contributed by atoms with Gasteiger partial charge in [0.25, 0.3) is 0 Å². The molecule has 2 aromatic rings. The maximum Gasteiger partial charge on any atom is 0.416 e. The molecular formula is C23H26N2O3. The Morgan fingerprint density at radius 2 is 1.64 bits per heavy atom. The van der Waals surface area contributed by atoms with E-state index in [-0.39, 0.29) is 30.4 Å². The maximum atomic E-state index is 13.3. The molecule has 28 heavy (non-hydrogen) atoms. The van der Waals surface area contributed by atoms with Gasteiger partial charge in [-0.1, -0.05) is 67.6 Å². The Kier molecular flexibility index (Phi) is 5.44. The van der Waals surface area contributed by atoms with Crippen LogP contribution in [-0.2, 0) is 22.5 Å². The molecule has 5 nitrogen and oxygen atoms in total. The Morgan fingerprint density at radius 1 is 1.00 bits per heavy atom. The lowest BCUT2D eigenvalue weighted by atomic mass is 9.95. The number of likely N-dealkylation sites (tertiary alicyclic amines) is 1. The van der Waals surface area contributed by atoms with Gasteiger partial charge in [0.15, 0.2) is 0 Å². The Hall–Kier alpha value is -2.66. The van der Waals surface area contributed by atoms with Crippen LogP contribution in [-0.4, -0.2) is 47.5 Å². The molecule has 0 saturated carbocycles. The number of amides is 2. The van der Waals surface area contributed by atoms with Crippen LogP contribution in [0.15, 0.2) is 60.7 Å². The first-order valence-corrected chi connectivity index (χ1v) is 9.92. The largest absolute Gasteiger partial charge is 0.447 e. The Morgan fingerprint density at radius 3 is 2.32 bits per heavy atom. The Bertz CT molecular complexity index is 824. The molecule has 146 valence electrons. The first-order chi connectivity index (χ1) is 13.6. The molecule has 0 spiro atoms. The molecule has 1 unspecified atom stereocenters. The highest BCUT2D eigenvalue weighted by Gasteiger charge is 2.44. The van der Waals surface area contributed by atoms with Crippen molar-refractivity contribution < 1.29 is 14.3 Å². The van der Waals surface area contributed by atoms with Crippen LogP contribution in [0.3, 0.4) is 0 Å². The van der Waals surface area contributed by atoms with Crippen molar-refractivity contribution in [3.05, 3.63) is 71.8 Å². The first kappa shape index (κ1) is 18.7. The molecule has 0 N–H and O–H groups in total. The fourth-order valence-electron chi connectivity index (χ4n) is 4.30. The van der Waals surface area contributed by atoms with Gasteiger partial charge >= 0.3 is 6.09 Å². The fraction of sp³-hybridized carbons (Fsp3) is 0.391. The van der Waals surface area contributed by atoms with E-state index >= 15 is 0 Å². The number of ether oxygens (including phenoxy) is 1. The van der Waals surface area contributed by atoms with Crippen molar-refractivity contribution in [3.63, 3.8) is 0 Å². The normalized spacial score (nSPS) is 25.1. The molecule has 3 atom stereocenters. The van der Waals surface area contributed by atoms with Crippen LogP contribution in [0.25, 0.3) is 0 Å². The van der Waals surface area contributed by atoms with Crippen molar-refractivity contribution in [1.82, 2.24) is 9.80 Å². The molecule has 0 aromatic heterocycles. The number of hydrogen-bond acceptors (Lipinski definition) is 4. The lowest BCUT2D eigenvalue weighted by Crippen LogP contribution is -2.45. The smallest absolute Gasteiger partial charge is 0.416 e. The van der Waals surface area contributed by atoms with Crippen molar-refractivity contribution in [2.75, 3.05) is 19.7 Å². The summed E-state index contributed by atoms with van der Waals surface area (Å²) in [6.07, 6.45) is 0.132. The molecule has 2 amide bonds. The number of rotatable bonds is 5. The molecule has 2 saturated heterocycles. The predicted molar refractivity (Wildman–Crippen MR) is 107 cm³/mol. The molecule has 2 aromatic carbocycles. The van der Waals surface area contributed by atoms with Gasteiger partial charge in [0.05, 0.1) is 12.0 Å². The van der Waals surface area contributed by atoms with E-state index in [1.807, 2.05) is 48.5 Å². The quantitative estimate of drug-likeness (QED) is 0.801. The summed E-state index contributed by atoms with van der Waals surface area (Å²) >= 11 is 0. The minimum absolute atomic E-state index is 0.0912. The van der Waals surface area contributed by atoms with Crippen molar-refractivity contribution in [2.45, 2.75) is 25.9 Å². The summed E-state index contributed by atoms with van der Waals surface area (Å²) in [7, 11) is 0. The SMILES string of the molecule is C[C@@H]1CN(Cc2ccccc2)C[C@H]1C(=O)N1C(=O)OCC1Cc1ccccc1. The monoisotopic (exact) mass is 378 g/mol. The van der Waals surface area contributed by atoms with Crippen molar-refractivity contribution in [3.8, 4) is 0 Å². The third kappa shape index (κ3) is 3.94. The Balaban J connectivity index is 1.44. The van der Waals surface area contributed by atoms with Gasteiger partial charge in [-0.15, -0.1) is 0 Å². The lowest BCUT2D eigenvalue weighted by molar-refractivity contribution is -0.134. The lowest BCUT2D eigenvalue weighted by Gasteiger charge is -2.24. The van der Waals surface area contributed by atoms with E-state index in [4.69, 9.17) is 4.74 Å². The summed E-state index contributed by atoms with van der Waals surface area (Å²) in [5, 5.41) is 0. The van der Waals surface area contributed by atoms with Crippen molar-refractivity contribution in [1.29, 1.82) is 0 Å². The third-order valence-corrected chi connectivity index (χ3v) is 5.77. The number of benzene rings is 2. The van der Waals surface area contributed by atoms with Crippen LogP contribution in [0.5, 0.6) is 0 Å². The van der Waals surface area contributed by atoms with E-state index in [9.17, 15) is 9.59 Å². The third-order valence-electron chi connectivity index (χ3n) is 5.77.